The highest BCUT2D eigenvalue weighted by molar-refractivity contribution is 5.88. The first kappa shape index (κ1) is 9.84. The molecule has 2 N–H and O–H groups in total. The fraction of sp³-hybridized carbons (Fsp3) is 0.0769. The molecular weight excluding hydrogens is 214 g/mol. The smallest absolute Gasteiger partial charge is 0.169 e. The number of hydrogen-bond acceptors (Lipinski definition) is 4. The number of nitrogens with two attached hydrogens (primary N) is 1. The van der Waals surface area contributed by atoms with Crippen LogP contribution in [-0.4, -0.2) is 10.1 Å². The van der Waals surface area contributed by atoms with Gasteiger partial charge in [-0.05, 0) is 24.4 Å². The molecule has 0 bridgehead atoms. The summed E-state index contributed by atoms with van der Waals surface area (Å²) < 4.78 is 5.14. The van der Waals surface area contributed by atoms with Crippen LogP contribution in [0.4, 0.5) is 5.82 Å². The Kier molecular flexibility index (Phi) is 2.08. The van der Waals surface area contributed by atoms with Crippen molar-refractivity contribution in [2.45, 2.75) is 6.92 Å². The molecule has 3 rings (SSSR count). The van der Waals surface area contributed by atoms with Gasteiger partial charge < -0.3 is 10.3 Å². The van der Waals surface area contributed by atoms with E-state index in [4.69, 9.17) is 10.3 Å². The fourth-order valence-electron chi connectivity index (χ4n) is 1.91. The van der Waals surface area contributed by atoms with Gasteiger partial charge in [0.2, 0.25) is 0 Å². The number of fused-ring (bicyclic) bond motifs is 1. The molecule has 0 atom stereocenters. The maximum absolute atomic E-state index is 5.54. The Morgan fingerprint density at radius 2 is 2.06 bits per heavy atom. The van der Waals surface area contributed by atoms with E-state index < -0.39 is 0 Å². The standard InChI is InChI=1S/C13H11N3O/c1-8-11-3-2-10(6-9(11)4-5-15-8)12-7-13(14)16-17-12/h2-7H,1H3,(H2,14,16). The van der Waals surface area contributed by atoms with Crippen LogP contribution in [0.2, 0.25) is 0 Å². The highest BCUT2D eigenvalue weighted by Gasteiger charge is 2.06. The molecule has 0 amide bonds. The minimum Gasteiger partial charge on any atom is -0.381 e. The Bertz CT molecular complexity index is 688. The molecule has 0 aliphatic rings. The lowest BCUT2D eigenvalue weighted by atomic mass is 10.1. The van der Waals surface area contributed by atoms with Crippen molar-refractivity contribution >= 4 is 16.6 Å². The van der Waals surface area contributed by atoms with Gasteiger partial charge in [-0.1, -0.05) is 17.3 Å². The van der Waals surface area contributed by atoms with Crippen LogP contribution >= 0.6 is 0 Å². The van der Waals surface area contributed by atoms with Gasteiger partial charge in [-0.3, -0.25) is 4.98 Å². The summed E-state index contributed by atoms with van der Waals surface area (Å²) in [5, 5.41) is 5.95. The summed E-state index contributed by atoms with van der Waals surface area (Å²) in [5.74, 6) is 1.07. The Balaban J connectivity index is 2.20. The van der Waals surface area contributed by atoms with Gasteiger partial charge in [0, 0.05) is 28.9 Å². The molecule has 0 saturated carbocycles. The average Bonchev–Trinajstić information content (AvgIpc) is 2.76. The molecule has 84 valence electrons. The van der Waals surface area contributed by atoms with Crippen molar-refractivity contribution in [2.24, 2.45) is 0 Å². The first-order valence-electron chi connectivity index (χ1n) is 5.32. The average molecular weight is 225 g/mol. The number of aromatic nitrogens is 2. The minimum absolute atomic E-state index is 0.394. The number of pyridine rings is 1. The number of anilines is 1. The summed E-state index contributed by atoms with van der Waals surface area (Å²) in [6.07, 6.45) is 1.80. The van der Waals surface area contributed by atoms with E-state index in [1.54, 1.807) is 12.3 Å². The zero-order valence-corrected chi connectivity index (χ0v) is 9.34. The number of aryl methyl sites for hydroxylation is 1. The van der Waals surface area contributed by atoms with Crippen molar-refractivity contribution < 1.29 is 4.52 Å². The van der Waals surface area contributed by atoms with E-state index in [-0.39, 0.29) is 0 Å². The third-order valence-corrected chi connectivity index (χ3v) is 2.78. The molecule has 2 heterocycles. The van der Waals surface area contributed by atoms with E-state index in [1.165, 1.54) is 0 Å². The molecular formula is C13H11N3O. The number of hydrogen-bond donors (Lipinski definition) is 1. The first-order chi connectivity index (χ1) is 8.24. The van der Waals surface area contributed by atoms with Crippen molar-refractivity contribution in [3.63, 3.8) is 0 Å². The summed E-state index contributed by atoms with van der Waals surface area (Å²) in [6.45, 7) is 1.99. The van der Waals surface area contributed by atoms with Crippen LogP contribution in [-0.2, 0) is 0 Å². The van der Waals surface area contributed by atoms with Gasteiger partial charge in [0.15, 0.2) is 11.6 Å². The summed E-state index contributed by atoms with van der Waals surface area (Å²) in [4.78, 5) is 4.26. The minimum atomic E-state index is 0.394. The molecule has 0 fully saturated rings. The van der Waals surface area contributed by atoms with E-state index in [2.05, 4.69) is 10.1 Å². The van der Waals surface area contributed by atoms with Crippen LogP contribution in [0, 0.1) is 6.92 Å². The lowest BCUT2D eigenvalue weighted by Gasteiger charge is -2.02. The molecule has 0 aliphatic heterocycles. The molecule has 0 radical (unpaired) electrons. The van der Waals surface area contributed by atoms with Crippen LogP contribution in [0.5, 0.6) is 0 Å². The van der Waals surface area contributed by atoms with Crippen molar-refractivity contribution in [3.05, 3.63) is 42.2 Å². The number of benzene rings is 1. The van der Waals surface area contributed by atoms with Crippen molar-refractivity contribution in [1.29, 1.82) is 0 Å². The normalized spacial score (nSPS) is 10.9. The molecule has 0 unspecified atom stereocenters. The summed E-state index contributed by atoms with van der Waals surface area (Å²) in [7, 11) is 0. The molecule has 2 aromatic heterocycles. The van der Waals surface area contributed by atoms with Gasteiger partial charge >= 0.3 is 0 Å². The summed E-state index contributed by atoms with van der Waals surface area (Å²) in [5.41, 5.74) is 7.52. The highest BCUT2D eigenvalue weighted by atomic mass is 16.5. The molecule has 4 nitrogen and oxygen atoms in total. The van der Waals surface area contributed by atoms with Crippen LogP contribution in [0.3, 0.4) is 0 Å². The maximum Gasteiger partial charge on any atom is 0.169 e. The van der Waals surface area contributed by atoms with Crippen LogP contribution in [0.15, 0.2) is 41.1 Å². The molecule has 1 aromatic carbocycles. The third kappa shape index (κ3) is 1.63. The van der Waals surface area contributed by atoms with Gasteiger partial charge in [-0.2, -0.15) is 0 Å². The largest absolute Gasteiger partial charge is 0.381 e. The lowest BCUT2D eigenvalue weighted by Crippen LogP contribution is -1.84. The van der Waals surface area contributed by atoms with Crippen LogP contribution in [0.1, 0.15) is 5.69 Å². The predicted molar refractivity (Wildman–Crippen MR) is 66.4 cm³/mol. The molecule has 0 saturated heterocycles. The third-order valence-electron chi connectivity index (χ3n) is 2.78. The van der Waals surface area contributed by atoms with E-state index in [0.717, 1.165) is 22.0 Å². The Hall–Kier alpha value is -2.36. The van der Waals surface area contributed by atoms with E-state index in [0.29, 0.717) is 11.6 Å². The second-order valence-corrected chi connectivity index (χ2v) is 3.95. The Labute approximate surface area is 98.1 Å². The molecule has 17 heavy (non-hydrogen) atoms. The van der Waals surface area contributed by atoms with Gasteiger partial charge in [0.1, 0.15) is 0 Å². The fourth-order valence-corrected chi connectivity index (χ4v) is 1.91. The van der Waals surface area contributed by atoms with Crippen molar-refractivity contribution in [3.8, 4) is 11.3 Å². The number of nitrogens with zero attached hydrogens (tertiary/aromatic N) is 2. The monoisotopic (exact) mass is 225 g/mol. The molecule has 0 aliphatic carbocycles. The van der Waals surface area contributed by atoms with Crippen LogP contribution in [0.25, 0.3) is 22.1 Å². The Morgan fingerprint density at radius 1 is 1.18 bits per heavy atom. The zero-order valence-electron chi connectivity index (χ0n) is 9.34. The second kappa shape index (κ2) is 3.59. The first-order valence-corrected chi connectivity index (χ1v) is 5.32. The van der Waals surface area contributed by atoms with Crippen LogP contribution < -0.4 is 5.73 Å². The van der Waals surface area contributed by atoms with Gasteiger partial charge in [-0.15, -0.1) is 0 Å². The van der Waals surface area contributed by atoms with E-state index in [1.807, 2.05) is 31.2 Å². The molecule has 3 aromatic rings. The molecule has 0 spiro atoms. The summed E-state index contributed by atoms with van der Waals surface area (Å²) >= 11 is 0. The quantitative estimate of drug-likeness (QED) is 0.691. The van der Waals surface area contributed by atoms with Gasteiger partial charge in [-0.25, -0.2) is 0 Å². The predicted octanol–water partition coefficient (Wildman–Crippen LogP) is 2.78. The number of rotatable bonds is 1. The lowest BCUT2D eigenvalue weighted by molar-refractivity contribution is 0.436. The zero-order chi connectivity index (χ0) is 11.8. The van der Waals surface area contributed by atoms with E-state index >= 15 is 0 Å². The van der Waals surface area contributed by atoms with Gasteiger partial charge in [0.05, 0.1) is 0 Å². The number of nitrogen functional groups attached to an aromatic ring is 1. The second-order valence-electron chi connectivity index (χ2n) is 3.95. The van der Waals surface area contributed by atoms with Crippen molar-refractivity contribution in [1.82, 2.24) is 10.1 Å². The maximum atomic E-state index is 5.54. The van der Waals surface area contributed by atoms with Gasteiger partial charge in [0.25, 0.3) is 0 Å². The SMILES string of the molecule is Cc1nccc2cc(-c3cc(N)no3)ccc12. The molecule has 4 heteroatoms. The summed E-state index contributed by atoms with van der Waals surface area (Å²) in [6, 6.07) is 9.76. The Morgan fingerprint density at radius 3 is 2.82 bits per heavy atom. The topological polar surface area (TPSA) is 64.9 Å². The van der Waals surface area contributed by atoms with E-state index in [9.17, 15) is 0 Å². The van der Waals surface area contributed by atoms with Crippen molar-refractivity contribution in [2.75, 3.05) is 5.73 Å². The highest BCUT2D eigenvalue weighted by Crippen LogP contribution is 2.26.